The van der Waals surface area contributed by atoms with E-state index in [0.717, 1.165) is 27.8 Å². The zero-order chi connectivity index (χ0) is 41.4. The van der Waals surface area contributed by atoms with Crippen molar-refractivity contribution in [1.82, 2.24) is 8.61 Å². The zero-order valence-corrected chi connectivity index (χ0v) is 41.5. The van der Waals surface area contributed by atoms with Crippen molar-refractivity contribution in [1.29, 1.82) is 0 Å². The van der Waals surface area contributed by atoms with E-state index in [-0.39, 0.29) is 30.6 Å². The van der Waals surface area contributed by atoms with Gasteiger partial charge in [-0.05, 0) is 101 Å². The third-order valence-electron chi connectivity index (χ3n) is 10.7. The van der Waals surface area contributed by atoms with Crippen molar-refractivity contribution in [3.8, 4) is 0 Å². The molecule has 18 heteroatoms. The van der Waals surface area contributed by atoms with Crippen LogP contribution in [-0.4, -0.2) is 122 Å². The largest absolute Gasteiger partial charge is 0.443 e. The van der Waals surface area contributed by atoms with Crippen LogP contribution in [0.3, 0.4) is 0 Å². The molecule has 0 radical (unpaired) electrons. The van der Waals surface area contributed by atoms with Crippen molar-refractivity contribution in [3.63, 3.8) is 0 Å². The minimum atomic E-state index is -3.84. The van der Waals surface area contributed by atoms with Crippen LogP contribution in [0.2, 0.25) is 51.4 Å². The van der Waals surface area contributed by atoms with Crippen molar-refractivity contribution < 1.29 is 43.7 Å². The summed E-state index contributed by atoms with van der Waals surface area (Å²) in [5, 5.41) is 0. The highest BCUT2D eigenvalue weighted by atomic mass is 127. The van der Waals surface area contributed by atoms with Crippen LogP contribution in [0.1, 0.15) is 78.6 Å². The number of hydrogen-bond donors (Lipinski definition) is 0. The summed E-state index contributed by atoms with van der Waals surface area (Å²) in [6.07, 6.45) is 10.0. The molecule has 0 unspecified atom stereocenters. The third kappa shape index (κ3) is 15.3. The molecule has 4 atom stereocenters. The molecular formula is C36H71IN2O10S3Si2. The SMILES string of the molecule is CO[C@@]1(CC/C=C\CCCCN(C(=O)OC(C)(C)C)S(=O)(=O)CC[Si](C)(C)C)CC[C@H](CCI)[C@@]2(COS(C)(=O)=O)CCN(S(=O)(=O)CC[Si](C)(C)C)[C@@H]12. The molecule has 12 nitrogen and oxygen atoms in total. The summed E-state index contributed by atoms with van der Waals surface area (Å²) >= 11 is 2.34. The first-order valence-corrected chi connectivity index (χ1v) is 33.3. The number of allylic oxidation sites excluding steroid dienone is 2. The van der Waals surface area contributed by atoms with Gasteiger partial charge in [0.1, 0.15) is 5.60 Å². The monoisotopic (exact) mass is 970 g/mol. The van der Waals surface area contributed by atoms with Gasteiger partial charge in [-0.2, -0.15) is 12.7 Å². The number of amides is 1. The zero-order valence-electron chi connectivity index (χ0n) is 34.9. The van der Waals surface area contributed by atoms with Crippen LogP contribution in [-0.2, 0) is 43.8 Å². The first kappa shape index (κ1) is 50.0. The summed E-state index contributed by atoms with van der Waals surface area (Å²) < 4.78 is 100. The average Bonchev–Trinajstić information content (AvgIpc) is 3.43. The molecule has 1 aliphatic heterocycles. The van der Waals surface area contributed by atoms with Gasteiger partial charge >= 0.3 is 6.09 Å². The van der Waals surface area contributed by atoms with Crippen LogP contribution in [0.15, 0.2) is 12.2 Å². The molecular weight excluding hydrogens is 900 g/mol. The van der Waals surface area contributed by atoms with Gasteiger partial charge in [0.2, 0.25) is 20.0 Å². The van der Waals surface area contributed by atoms with E-state index >= 15 is 0 Å². The van der Waals surface area contributed by atoms with E-state index in [0.29, 0.717) is 63.6 Å². The molecule has 1 aliphatic carbocycles. The molecule has 1 amide bonds. The predicted molar refractivity (Wildman–Crippen MR) is 233 cm³/mol. The maximum absolute atomic E-state index is 14.2. The van der Waals surface area contributed by atoms with Gasteiger partial charge in [-0.3, -0.25) is 4.18 Å². The maximum atomic E-state index is 14.2. The number of rotatable bonds is 22. The highest BCUT2D eigenvalue weighted by Gasteiger charge is 2.65. The average molecular weight is 971 g/mol. The van der Waals surface area contributed by atoms with E-state index in [1.165, 1.54) is 0 Å². The molecule has 2 aliphatic rings. The lowest BCUT2D eigenvalue weighted by Crippen LogP contribution is -2.65. The second kappa shape index (κ2) is 19.8. The number of unbranched alkanes of at least 4 members (excludes halogenated alkanes) is 2. The van der Waals surface area contributed by atoms with Gasteiger partial charge in [0, 0.05) is 41.8 Å². The van der Waals surface area contributed by atoms with Crippen molar-refractivity contribution in [3.05, 3.63) is 12.2 Å². The fraction of sp³-hybridized carbons (Fsp3) is 0.917. The maximum Gasteiger partial charge on any atom is 0.424 e. The second-order valence-electron chi connectivity index (χ2n) is 18.8. The van der Waals surface area contributed by atoms with Crippen molar-refractivity contribution >= 4 is 75.0 Å². The van der Waals surface area contributed by atoms with E-state index in [4.69, 9.17) is 13.7 Å². The highest BCUT2D eigenvalue weighted by molar-refractivity contribution is 14.1. The van der Waals surface area contributed by atoms with Gasteiger partial charge in [-0.15, -0.1) is 0 Å². The summed E-state index contributed by atoms with van der Waals surface area (Å²) in [6, 6.07) is 0.611. The Balaban J connectivity index is 2.27. The Hall–Kier alpha value is -0.0962. The van der Waals surface area contributed by atoms with E-state index in [2.05, 4.69) is 67.9 Å². The summed E-state index contributed by atoms with van der Waals surface area (Å²) in [4.78, 5) is 13.0. The minimum absolute atomic E-state index is 0.0449. The molecule has 1 saturated heterocycles. The number of carbonyl (C=O) groups excluding carboxylic acids is 1. The Morgan fingerprint density at radius 1 is 0.926 bits per heavy atom. The number of ether oxygens (including phenoxy) is 2. The van der Waals surface area contributed by atoms with Crippen LogP contribution in [0.25, 0.3) is 0 Å². The molecule has 0 bridgehead atoms. The first-order valence-electron chi connectivity index (χ1n) is 19.4. The topological polar surface area (TPSA) is 154 Å². The van der Waals surface area contributed by atoms with E-state index < -0.39 is 75.1 Å². The van der Waals surface area contributed by atoms with Crippen molar-refractivity contribution in [2.75, 3.05) is 49.0 Å². The number of methoxy groups -OCH3 is 1. The summed E-state index contributed by atoms with van der Waals surface area (Å²) in [5.41, 5.74) is -2.38. The lowest BCUT2D eigenvalue weighted by molar-refractivity contribution is -0.146. The lowest BCUT2D eigenvalue weighted by Gasteiger charge is -2.56. The third-order valence-corrected chi connectivity index (χ3v) is 19.6. The Morgan fingerprint density at radius 2 is 1.52 bits per heavy atom. The molecule has 1 saturated carbocycles. The molecule has 0 spiro atoms. The van der Waals surface area contributed by atoms with Crippen LogP contribution in [0, 0.1) is 11.3 Å². The van der Waals surface area contributed by atoms with Gasteiger partial charge < -0.3 is 9.47 Å². The Bertz CT molecular complexity index is 1590. The summed E-state index contributed by atoms with van der Waals surface area (Å²) in [6.45, 7) is 18.2. The molecule has 0 aromatic heterocycles. The van der Waals surface area contributed by atoms with E-state index in [1.54, 1.807) is 32.2 Å². The predicted octanol–water partition coefficient (Wildman–Crippen LogP) is 7.72. The fourth-order valence-electron chi connectivity index (χ4n) is 7.69. The number of hydrogen-bond acceptors (Lipinski definition) is 10. The standard InChI is InChI=1S/C36H71IN2O10S3Si2/c1-34(2,3)49-33(40)39(52(45,46)27-29-54(9,10)11)24-17-15-13-12-14-16-20-36(47-4)21-18-31(19-23-37)35(30-48-50(5,41)42)22-25-38(32(35)36)51(43,44)26-28-53(6,7)8/h12,14,31-32H,13,15-30H2,1-11H3/b14-12-/t31-,32-,35+,36+/m1/s1. The fourth-order valence-corrected chi connectivity index (χ4v) is 18.1. The molecule has 0 aromatic carbocycles. The Labute approximate surface area is 344 Å². The smallest absolute Gasteiger partial charge is 0.424 e. The number of alkyl halides is 1. The quantitative estimate of drug-likeness (QED) is 0.0263. The van der Waals surface area contributed by atoms with E-state index in [9.17, 15) is 30.0 Å². The van der Waals surface area contributed by atoms with Gasteiger partial charge in [0.15, 0.2) is 0 Å². The molecule has 2 rings (SSSR count). The first-order chi connectivity index (χ1) is 24.5. The van der Waals surface area contributed by atoms with Gasteiger partial charge in [0.05, 0.1) is 36.0 Å². The summed E-state index contributed by atoms with van der Waals surface area (Å²) in [7, 11) is -13.0. The van der Waals surface area contributed by atoms with Crippen LogP contribution >= 0.6 is 22.6 Å². The van der Waals surface area contributed by atoms with Gasteiger partial charge in [0.25, 0.3) is 10.1 Å². The lowest BCUT2D eigenvalue weighted by atomic mass is 9.57. The minimum Gasteiger partial charge on any atom is -0.443 e. The van der Waals surface area contributed by atoms with E-state index in [1.807, 2.05) is 6.08 Å². The van der Waals surface area contributed by atoms with Gasteiger partial charge in [-0.1, -0.05) is 74.0 Å². The number of halogens is 1. The second-order valence-corrected chi connectivity index (χ2v) is 36.8. The number of sulfonamides is 2. The van der Waals surface area contributed by atoms with Crippen LogP contribution in [0.4, 0.5) is 4.79 Å². The van der Waals surface area contributed by atoms with Crippen molar-refractivity contribution in [2.24, 2.45) is 11.3 Å². The van der Waals surface area contributed by atoms with Crippen LogP contribution in [0.5, 0.6) is 0 Å². The van der Waals surface area contributed by atoms with Crippen molar-refractivity contribution in [2.45, 2.75) is 147 Å². The Morgan fingerprint density at radius 3 is 2.06 bits per heavy atom. The number of carbonyl (C=O) groups is 1. The molecule has 1 heterocycles. The summed E-state index contributed by atoms with van der Waals surface area (Å²) in [5.74, 6) is 0.0580. The number of nitrogens with zero attached hydrogens (tertiary/aromatic N) is 2. The normalized spacial score (nSPS) is 24.9. The number of fused-ring (bicyclic) bond motifs is 1. The van der Waals surface area contributed by atoms with Gasteiger partial charge in [-0.25, -0.2) is 25.9 Å². The highest BCUT2D eigenvalue weighted by Crippen LogP contribution is 2.58. The Kier molecular flexibility index (Phi) is 18.3. The molecule has 0 aromatic rings. The molecule has 0 N–H and O–H groups in total. The molecule has 318 valence electrons. The molecule has 54 heavy (non-hydrogen) atoms. The van der Waals surface area contributed by atoms with Crippen LogP contribution < -0.4 is 0 Å². The molecule has 2 fully saturated rings.